The van der Waals surface area contributed by atoms with E-state index in [0.717, 1.165) is 55.7 Å². The summed E-state index contributed by atoms with van der Waals surface area (Å²) in [6.45, 7) is 34.4. The summed E-state index contributed by atoms with van der Waals surface area (Å²) in [6, 6.07) is 57.6. The molecular weight excluding hydrogens is 1020 g/mol. The number of hydrogen-bond donors (Lipinski definition) is 0. The van der Waals surface area contributed by atoms with Crippen LogP contribution in [0.5, 0.6) is 11.5 Å². The van der Waals surface area contributed by atoms with Crippen LogP contribution in [0.15, 0.2) is 157 Å². The minimum Gasteiger partial charge on any atom is -0.509 e. The van der Waals surface area contributed by atoms with Gasteiger partial charge in [-0.1, -0.05) is 199 Å². The maximum atomic E-state index is 7.25. The van der Waals surface area contributed by atoms with E-state index in [1.54, 1.807) is 0 Å². The van der Waals surface area contributed by atoms with Gasteiger partial charge in [0.25, 0.3) is 0 Å². The molecule has 0 atom stereocenters. The predicted molar refractivity (Wildman–Crippen MR) is 286 cm³/mol. The number of pyridine rings is 1. The zero-order valence-corrected chi connectivity index (χ0v) is 45.2. The van der Waals surface area contributed by atoms with Crippen LogP contribution in [-0.2, 0) is 37.3 Å². The van der Waals surface area contributed by atoms with Crippen molar-refractivity contribution in [2.24, 2.45) is 10.8 Å². The largest absolute Gasteiger partial charge is 0.509 e. The molecule has 0 bridgehead atoms. The van der Waals surface area contributed by atoms with Crippen molar-refractivity contribution < 1.29 is 25.8 Å². The second kappa shape index (κ2) is 18.1. The number of aromatic nitrogens is 2. The van der Waals surface area contributed by atoms with Crippen molar-refractivity contribution in [3.63, 3.8) is 0 Å². The second-order valence-corrected chi connectivity index (χ2v) is 23.2. The first-order valence-corrected chi connectivity index (χ1v) is 24.1. The Labute approximate surface area is 426 Å². The van der Waals surface area contributed by atoms with Crippen molar-refractivity contribution in [1.29, 1.82) is 0 Å². The second-order valence-electron chi connectivity index (χ2n) is 23.2. The summed E-state index contributed by atoms with van der Waals surface area (Å²) in [4.78, 5) is 9.79. The molecule has 0 saturated carbocycles. The first kappa shape index (κ1) is 49.5. The molecule has 0 saturated heterocycles. The van der Waals surface area contributed by atoms with Crippen molar-refractivity contribution >= 4 is 33.2 Å². The van der Waals surface area contributed by atoms with Gasteiger partial charge in [0.05, 0.1) is 0 Å². The third-order valence-electron chi connectivity index (χ3n) is 13.4. The molecule has 1 aliphatic heterocycles. The van der Waals surface area contributed by atoms with Crippen LogP contribution in [-0.4, -0.2) is 9.55 Å². The number of allylic oxidation sites excluding steroid dienone is 2. The smallest absolute Gasteiger partial charge is 0.135 e. The van der Waals surface area contributed by atoms with E-state index in [9.17, 15) is 0 Å². The van der Waals surface area contributed by atoms with E-state index in [4.69, 9.17) is 9.72 Å². The normalized spacial score (nSPS) is 13.9. The average Bonchev–Trinajstić information content (AvgIpc) is 3.87. The Kier molecular flexibility index (Phi) is 13.0. The van der Waals surface area contributed by atoms with Crippen LogP contribution >= 0.6 is 0 Å². The molecular formula is C63H67N4OPt-3. The van der Waals surface area contributed by atoms with Gasteiger partial charge in [0.1, 0.15) is 5.82 Å². The molecule has 2 aromatic heterocycles. The number of anilines is 2. The summed E-state index contributed by atoms with van der Waals surface area (Å²) in [5.41, 5.74) is 12.5. The van der Waals surface area contributed by atoms with E-state index in [2.05, 4.69) is 270 Å². The molecule has 6 aromatic carbocycles. The third-order valence-corrected chi connectivity index (χ3v) is 13.4. The Hall–Kier alpha value is -5.90. The summed E-state index contributed by atoms with van der Waals surface area (Å²) in [7, 11) is 0. The van der Waals surface area contributed by atoms with Crippen LogP contribution in [0.3, 0.4) is 0 Å². The van der Waals surface area contributed by atoms with Gasteiger partial charge in [0.15, 0.2) is 0 Å². The molecule has 0 radical (unpaired) electrons. The van der Waals surface area contributed by atoms with Crippen LogP contribution in [0.1, 0.15) is 119 Å². The molecule has 0 N–H and O–H groups in total. The van der Waals surface area contributed by atoms with Crippen LogP contribution in [0.25, 0.3) is 38.8 Å². The maximum Gasteiger partial charge on any atom is 0.135 e. The fraction of sp³-hybridized carbons (Fsp3) is 0.302. The fourth-order valence-corrected chi connectivity index (χ4v) is 9.81. The number of benzene rings is 6. The molecule has 0 aliphatic carbocycles. The van der Waals surface area contributed by atoms with E-state index in [1.807, 2.05) is 6.20 Å². The van der Waals surface area contributed by atoms with Crippen molar-refractivity contribution in [2.75, 3.05) is 9.80 Å². The fourth-order valence-electron chi connectivity index (χ4n) is 9.81. The van der Waals surface area contributed by atoms with Crippen molar-refractivity contribution in [1.82, 2.24) is 9.55 Å². The first-order chi connectivity index (χ1) is 32.0. The molecule has 5 nitrogen and oxygen atoms in total. The zero-order chi connectivity index (χ0) is 48.6. The summed E-state index contributed by atoms with van der Waals surface area (Å²) in [6.07, 6.45) is 1.93. The van der Waals surface area contributed by atoms with Gasteiger partial charge in [-0.15, -0.1) is 53.8 Å². The maximum absolute atomic E-state index is 7.25. The Balaban J connectivity index is 0.00000642. The number of fused-ring (bicyclic) bond motifs is 3. The molecule has 6 heteroatoms. The number of para-hydroxylation sites is 1. The Morgan fingerprint density at radius 3 is 1.74 bits per heavy atom. The van der Waals surface area contributed by atoms with E-state index in [-0.39, 0.29) is 42.7 Å². The third kappa shape index (κ3) is 9.57. The zero-order valence-electron chi connectivity index (χ0n) is 42.9. The molecule has 0 amide bonds. The Morgan fingerprint density at radius 1 is 0.507 bits per heavy atom. The molecule has 1 aliphatic rings. The van der Waals surface area contributed by atoms with Gasteiger partial charge in [-0.3, -0.25) is 0 Å². The van der Waals surface area contributed by atoms with Crippen LogP contribution in [0.4, 0.5) is 11.4 Å². The Bertz CT molecular complexity index is 3190. The van der Waals surface area contributed by atoms with Crippen molar-refractivity contribution in [3.8, 4) is 28.4 Å². The Morgan fingerprint density at radius 2 is 1.09 bits per heavy atom. The summed E-state index contributed by atoms with van der Waals surface area (Å²) >= 11 is 0. The summed E-state index contributed by atoms with van der Waals surface area (Å²) in [5.74, 6) is 2.05. The standard InChI is InChI=1S/C63H67N4O.Pt/c1-59(2,3)45-28-23-29-47(36-45)65-41-66(58(62(10,11)12)57(65)61(7,8)9)48-34-43(42-24-17-15-18-25-42)35-49(38-48)68-50-39-52(63(13,14)44-26-19-16-20-27-44)56-51-30-21-22-31-53(51)67(54(56)40-50)55-37-46(32-33-64-55)60(4,5)6;/h15-37,39,41H,1-14H3;/q-3;. The van der Waals surface area contributed by atoms with Gasteiger partial charge >= 0.3 is 0 Å². The average molecular weight is 1090 g/mol. The van der Waals surface area contributed by atoms with Gasteiger partial charge in [-0.25, -0.2) is 4.98 Å². The van der Waals surface area contributed by atoms with Crippen molar-refractivity contribution in [2.45, 2.75) is 113 Å². The van der Waals surface area contributed by atoms with Crippen LogP contribution < -0.4 is 14.5 Å². The summed E-state index contributed by atoms with van der Waals surface area (Å²) in [5, 5.41) is 2.27. The van der Waals surface area contributed by atoms with Crippen LogP contribution in [0, 0.1) is 29.6 Å². The minimum atomic E-state index is -0.419. The van der Waals surface area contributed by atoms with E-state index in [1.165, 1.54) is 28.1 Å². The number of hydrogen-bond acceptors (Lipinski definition) is 4. The number of rotatable bonds is 8. The van der Waals surface area contributed by atoms with E-state index in [0.29, 0.717) is 11.5 Å². The van der Waals surface area contributed by atoms with Gasteiger partial charge in [-0.05, 0) is 74.2 Å². The van der Waals surface area contributed by atoms with Crippen molar-refractivity contribution in [3.05, 3.63) is 198 Å². The summed E-state index contributed by atoms with van der Waals surface area (Å²) < 4.78 is 9.52. The first-order valence-electron chi connectivity index (χ1n) is 24.1. The monoisotopic (exact) mass is 1090 g/mol. The quantitative estimate of drug-likeness (QED) is 0.142. The molecule has 0 unspecified atom stereocenters. The van der Waals surface area contributed by atoms with E-state index < -0.39 is 5.41 Å². The van der Waals surface area contributed by atoms with Crippen LogP contribution in [0.2, 0.25) is 0 Å². The SMILES string of the molecule is CC(C)(C)C1=C(C(C)(C)C)N(c2cccc(C(C)(C)C)c2)[CH-]N1c1[c-]c(Oc2[c-]c3c(c(C(C)(C)c4ccccc4)c2)c2ccccc2n3-c2cc(C(C)(C)C)ccn2)cc(-c2ccccc2)c1.[Pt]. The topological polar surface area (TPSA) is 33.5 Å². The molecule has 9 rings (SSSR count). The van der Waals surface area contributed by atoms with Gasteiger partial charge in [-0.2, -0.15) is 0 Å². The molecule has 8 aromatic rings. The van der Waals surface area contributed by atoms with Gasteiger partial charge < -0.3 is 19.1 Å². The molecule has 0 spiro atoms. The van der Waals surface area contributed by atoms with Gasteiger partial charge in [0, 0.05) is 72.2 Å². The predicted octanol–water partition coefficient (Wildman–Crippen LogP) is 16.9. The van der Waals surface area contributed by atoms with E-state index >= 15 is 0 Å². The molecule has 358 valence electrons. The molecule has 0 fully saturated rings. The number of ether oxygens (including phenoxy) is 1. The van der Waals surface area contributed by atoms with Gasteiger partial charge in [0.2, 0.25) is 0 Å². The molecule has 3 heterocycles. The molecule has 69 heavy (non-hydrogen) atoms. The number of nitrogens with zero attached hydrogens (tertiary/aromatic N) is 4. The minimum absolute atomic E-state index is 0.